The third-order valence-electron chi connectivity index (χ3n) is 1.94. The number of esters is 1. The van der Waals surface area contributed by atoms with Gasteiger partial charge in [-0.05, 0) is 18.1 Å². The molecule has 3 heteroatoms. The van der Waals surface area contributed by atoms with Crippen LogP contribution < -0.4 is 0 Å². The van der Waals surface area contributed by atoms with Crippen molar-refractivity contribution in [3.8, 4) is 0 Å². The predicted octanol–water partition coefficient (Wildman–Crippen LogP) is 2.60. The zero-order chi connectivity index (χ0) is 11.3. The van der Waals surface area contributed by atoms with Crippen molar-refractivity contribution in [1.29, 1.82) is 0 Å². The molecular weight excluding hydrogens is 195 g/mol. The third kappa shape index (κ3) is 2.91. The lowest BCUT2D eigenvalue weighted by Gasteiger charge is -2.10. The van der Waals surface area contributed by atoms with E-state index in [0.717, 1.165) is 0 Å². The van der Waals surface area contributed by atoms with Gasteiger partial charge in [0.2, 0.25) is 6.17 Å². The molecule has 0 bridgehead atoms. The van der Waals surface area contributed by atoms with Crippen LogP contribution in [0.4, 0.5) is 4.39 Å². The van der Waals surface area contributed by atoms with Crippen molar-refractivity contribution in [2.45, 2.75) is 13.1 Å². The van der Waals surface area contributed by atoms with E-state index in [2.05, 4.69) is 11.3 Å². The maximum atomic E-state index is 13.5. The van der Waals surface area contributed by atoms with Crippen LogP contribution in [-0.2, 0) is 9.53 Å². The zero-order valence-corrected chi connectivity index (χ0v) is 8.57. The minimum atomic E-state index is -1.78. The first-order valence-electron chi connectivity index (χ1n) is 4.71. The number of carbonyl (C=O) groups is 1. The number of rotatable bonds is 4. The highest BCUT2D eigenvalue weighted by Gasteiger charge is 2.22. The molecule has 0 aliphatic rings. The van der Waals surface area contributed by atoms with Crippen LogP contribution in [0.25, 0.3) is 5.57 Å². The summed E-state index contributed by atoms with van der Waals surface area (Å²) in [7, 11) is 0. The minimum Gasteiger partial charge on any atom is -0.464 e. The van der Waals surface area contributed by atoms with Crippen molar-refractivity contribution in [3.63, 3.8) is 0 Å². The number of ether oxygens (including phenoxy) is 1. The van der Waals surface area contributed by atoms with Gasteiger partial charge >= 0.3 is 5.97 Å². The highest BCUT2D eigenvalue weighted by Crippen LogP contribution is 2.19. The summed E-state index contributed by atoms with van der Waals surface area (Å²) in [5, 5.41) is 0. The van der Waals surface area contributed by atoms with Gasteiger partial charge in [-0.15, -0.1) is 0 Å². The molecule has 0 aliphatic carbocycles. The lowest BCUT2D eigenvalue weighted by Crippen LogP contribution is -2.19. The highest BCUT2D eigenvalue weighted by molar-refractivity contribution is 5.90. The van der Waals surface area contributed by atoms with Gasteiger partial charge in [-0.25, -0.2) is 9.18 Å². The topological polar surface area (TPSA) is 26.3 Å². The fourth-order valence-electron chi connectivity index (χ4n) is 1.16. The van der Waals surface area contributed by atoms with Crippen LogP contribution in [0.3, 0.4) is 0 Å². The van der Waals surface area contributed by atoms with Crippen molar-refractivity contribution in [2.75, 3.05) is 6.61 Å². The first kappa shape index (κ1) is 11.4. The highest BCUT2D eigenvalue weighted by atomic mass is 19.1. The van der Waals surface area contributed by atoms with E-state index < -0.39 is 12.1 Å². The lowest BCUT2D eigenvalue weighted by atomic mass is 10.0. The normalized spacial score (nSPS) is 11.9. The first-order chi connectivity index (χ1) is 7.16. The summed E-state index contributed by atoms with van der Waals surface area (Å²) in [6.45, 7) is 5.36. The van der Waals surface area contributed by atoms with Crippen molar-refractivity contribution < 1.29 is 13.9 Å². The van der Waals surface area contributed by atoms with Gasteiger partial charge in [0.05, 0.1) is 6.61 Å². The second-order valence-electron chi connectivity index (χ2n) is 3.01. The SMILES string of the molecule is C=C(c1ccccc1)C(F)C(=O)OCC. The van der Waals surface area contributed by atoms with Crippen LogP contribution in [0.5, 0.6) is 0 Å². The number of halogens is 1. The van der Waals surface area contributed by atoms with E-state index in [1.54, 1.807) is 31.2 Å². The molecule has 0 amide bonds. The Kier molecular flexibility index (Phi) is 4.03. The molecule has 0 heterocycles. The maximum Gasteiger partial charge on any atom is 0.345 e. The predicted molar refractivity (Wildman–Crippen MR) is 57.0 cm³/mol. The Morgan fingerprint density at radius 2 is 2.07 bits per heavy atom. The van der Waals surface area contributed by atoms with Crippen LogP contribution in [0.15, 0.2) is 36.9 Å². The standard InChI is InChI=1S/C12H13FO2/c1-3-15-12(14)11(13)9(2)10-7-5-4-6-8-10/h4-8,11H,2-3H2,1H3. The number of hydrogen-bond acceptors (Lipinski definition) is 2. The van der Waals surface area contributed by atoms with Crippen molar-refractivity contribution in [1.82, 2.24) is 0 Å². The van der Waals surface area contributed by atoms with Gasteiger partial charge in [0, 0.05) is 0 Å². The van der Waals surface area contributed by atoms with E-state index in [-0.39, 0.29) is 12.2 Å². The fraction of sp³-hybridized carbons (Fsp3) is 0.250. The first-order valence-corrected chi connectivity index (χ1v) is 4.71. The van der Waals surface area contributed by atoms with E-state index >= 15 is 0 Å². The molecule has 80 valence electrons. The summed E-state index contributed by atoms with van der Waals surface area (Å²) >= 11 is 0. The molecule has 0 saturated heterocycles. The van der Waals surface area contributed by atoms with Crippen molar-refractivity contribution in [2.24, 2.45) is 0 Å². The molecule has 1 aromatic rings. The van der Waals surface area contributed by atoms with Crippen molar-refractivity contribution >= 4 is 11.5 Å². The van der Waals surface area contributed by atoms with Gasteiger partial charge in [0.25, 0.3) is 0 Å². The molecule has 0 spiro atoms. The third-order valence-corrected chi connectivity index (χ3v) is 1.94. The van der Waals surface area contributed by atoms with Crippen LogP contribution >= 0.6 is 0 Å². The molecule has 0 aliphatic heterocycles. The Morgan fingerprint density at radius 1 is 1.47 bits per heavy atom. The zero-order valence-electron chi connectivity index (χ0n) is 8.57. The average molecular weight is 208 g/mol. The number of alkyl halides is 1. The van der Waals surface area contributed by atoms with Crippen LogP contribution in [-0.4, -0.2) is 18.7 Å². The Morgan fingerprint density at radius 3 is 2.60 bits per heavy atom. The molecular formula is C12H13FO2. The van der Waals surface area contributed by atoms with E-state index in [1.165, 1.54) is 0 Å². The second kappa shape index (κ2) is 5.29. The summed E-state index contributed by atoms with van der Waals surface area (Å²) in [5.41, 5.74) is 0.743. The van der Waals surface area contributed by atoms with Gasteiger partial charge in [0.15, 0.2) is 0 Å². The maximum absolute atomic E-state index is 13.5. The van der Waals surface area contributed by atoms with Gasteiger partial charge in [-0.2, -0.15) is 0 Å². The largest absolute Gasteiger partial charge is 0.464 e. The van der Waals surface area contributed by atoms with Crippen LogP contribution in [0.2, 0.25) is 0 Å². The summed E-state index contributed by atoms with van der Waals surface area (Å²) in [6.07, 6.45) is -1.78. The lowest BCUT2D eigenvalue weighted by molar-refractivity contribution is -0.146. The fourth-order valence-corrected chi connectivity index (χ4v) is 1.16. The Labute approximate surface area is 88.4 Å². The van der Waals surface area contributed by atoms with E-state index in [4.69, 9.17) is 0 Å². The van der Waals surface area contributed by atoms with Crippen LogP contribution in [0, 0.1) is 0 Å². The van der Waals surface area contributed by atoms with Crippen LogP contribution in [0.1, 0.15) is 12.5 Å². The number of benzene rings is 1. The summed E-state index contributed by atoms with van der Waals surface area (Å²) in [6, 6.07) is 8.74. The molecule has 0 radical (unpaired) electrons. The molecule has 1 unspecified atom stereocenters. The molecule has 0 saturated carbocycles. The summed E-state index contributed by atoms with van der Waals surface area (Å²) in [5.74, 6) is -0.883. The number of hydrogen-bond donors (Lipinski definition) is 0. The quantitative estimate of drug-likeness (QED) is 0.711. The minimum absolute atomic E-state index is 0.133. The van der Waals surface area contributed by atoms with Gasteiger partial charge in [-0.1, -0.05) is 36.9 Å². The van der Waals surface area contributed by atoms with Crippen molar-refractivity contribution in [3.05, 3.63) is 42.5 Å². The monoisotopic (exact) mass is 208 g/mol. The molecule has 0 aromatic heterocycles. The summed E-state index contributed by atoms with van der Waals surface area (Å²) in [4.78, 5) is 11.1. The average Bonchev–Trinajstić information content (AvgIpc) is 2.28. The molecule has 1 rings (SSSR count). The molecule has 1 aromatic carbocycles. The van der Waals surface area contributed by atoms with Gasteiger partial charge < -0.3 is 4.74 Å². The summed E-state index contributed by atoms with van der Waals surface area (Å²) < 4.78 is 18.1. The van der Waals surface area contributed by atoms with Gasteiger partial charge in [0.1, 0.15) is 0 Å². The Balaban J connectivity index is 2.73. The van der Waals surface area contributed by atoms with E-state index in [0.29, 0.717) is 5.56 Å². The molecule has 1 atom stereocenters. The molecule has 0 fully saturated rings. The molecule has 0 N–H and O–H groups in total. The second-order valence-corrected chi connectivity index (χ2v) is 3.01. The Bertz CT molecular complexity index is 346. The van der Waals surface area contributed by atoms with Gasteiger partial charge in [-0.3, -0.25) is 0 Å². The Hall–Kier alpha value is -1.64. The number of carbonyl (C=O) groups excluding carboxylic acids is 1. The van der Waals surface area contributed by atoms with E-state index in [1.807, 2.05) is 6.07 Å². The van der Waals surface area contributed by atoms with E-state index in [9.17, 15) is 9.18 Å². The molecule has 2 nitrogen and oxygen atoms in total. The smallest absolute Gasteiger partial charge is 0.345 e. The molecule has 15 heavy (non-hydrogen) atoms.